The van der Waals surface area contributed by atoms with E-state index in [1.807, 2.05) is 42.5 Å². The lowest BCUT2D eigenvalue weighted by molar-refractivity contribution is -0.141. The van der Waals surface area contributed by atoms with Crippen LogP contribution in [0.25, 0.3) is 0 Å². The maximum absolute atomic E-state index is 14.1. The van der Waals surface area contributed by atoms with E-state index in [0.29, 0.717) is 37.5 Å². The summed E-state index contributed by atoms with van der Waals surface area (Å²) in [4.78, 5) is 29.9. The third-order valence-electron chi connectivity index (χ3n) is 8.92. The zero-order chi connectivity index (χ0) is 32.4. The molecule has 7 nitrogen and oxygen atoms in total. The Morgan fingerprint density at radius 1 is 0.826 bits per heavy atom. The van der Waals surface area contributed by atoms with Gasteiger partial charge in [-0.1, -0.05) is 77.8 Å². The predicted octanol–water partition coefficient (Wildman–Crippen LogP) is 6.70. The molecular weight excluding hydrogens is 618 g/mol. The van der Waals surface area contributed by atoms with Crippen molar-refractivity contribution in [1.29, 1.82) is 0 Å². The number of nitrogens with zero attached hydrogens (tertiary/aromatic N) is 2. The second-order valence-corrected chi connectivity index (χ2v) is 14.6. The number of aryl methyl sites for hydroxylation is 1. The number of amides is 2. The molecule has 0 unspecified atom stereocenters. The first kappa shape index (κ1) is 33.9. The molecule has 3 aromatic rings. The Morgan fingerprint density at radius 3 is 2.20 bits per heavy atom. The molecular formula is C37H44ClN3O4S. The molecule has 1 aliphatic carbocycles. The minimum Gasteiger partial charge on any atom is -0.354 e. The van der Waals surface area contributed by atoms with Crippen LogP contribution in [-0.2, 0) is 39.0 Å². The van der Waals surface area contributed by atoms with Gasteiger partial charge in [-0.15, -0.1) is 0 Å². The highest BCUT2D eigenvalue weighted by molar-refractivity contribution is 7.89. The summed E-state index contributed by atoms with van der Waals surface area (Å²) in [6, 6.07) is 23.3. The van der Waals surface area contributed by atoms with E-state index in [1.54, 1.807) is 41.3 Å². The summed E-state index contributed by atoms with van der Waals surface area (Å²) >= 11 is 6.16. The van der Waals surface area contributed by atoms with Crippen LogP contribution < -0.4 is 5.32 Å². The molecule has 1 aliphatic heterocycles. The van der Waals surface area contributed by atoms with E-state index in [0.717, 1.165) is 48.8 Å². The fourth-order valence-electron chi connectivity index (χ4n) is 6.24. The van der Waals surface area contributed by atoms with Gasteiger partial charge in [-0.05, 0) is 92.3 Å². The summed E-state index contributed by atoms with van der Waals surface area (Å²) in [6.07, 6.45) is 10.5. The normalized spacial score (nSPS) is 16.1. The summed E-state index contributed by atoms with van der Waals surface area (Å²) < 4.78 is 27.5. The van der Waals surface area contributed by atoms with Gasteiger partial charge in [0.1, 0.15) is 6.04 Å². The Morgan fingerprint density at radius 2 is 1.52 bits per heavy atom. The van der Waals surface area contributed by atoms with E-state index in [-0.39, 0.29) is 29.7 Å². The largest absolute Gasteiger partial charge is 0.354 e. The van der Waals surface area contributed by atoms with Crippen LogP contribution in [0.3, 0.4) is 0 Å². The Labute approximate surface area is 278 Å². The summed E-state index contributed by atoms with van der Waals surface area (Å²) in [5.74, 6) is -0.311. The molecule has 0 spiro atoms. The van der Waals surface area contributed by atoms with Crippen molar-refractivity contribution in [3.05, 3.63) is 112 Å². The molecule has 0 aromatic heterocycles. The number of hydrogen-bond acceptors (Lipinski definition) is 4. The van der Waals surface area contributed by atoms with Crippen LogP contribution in [0.2, 0.25) is 5.02 Å². The van der Waals surface area contributed by atoms with Gasteiger partial charge in [0.2, 0.25) is 21.8 Å². The molecule has 3 aromatic carbocycles. The van der Waals surface area contributed by atoms with Gasteiger partial charge >= 0.3 is 0 Å². The number of hydrogen-bond donors (Lipinski definition) is 1. The SMILES string of the molecule is O=C(NCCC1=CCCCC1)[C@H](Cc1ccccc1)N(Cc1ccc(Cl)cc1)C(=O)CCc1ccc(S(=O)(=O)N2CCCC2)cc1. The van der Waals surface area contributed by atoms with Gasteiger partial charge in [0.15, 0.2) is 0 Å². The smallest absolute Gasteiger partial charge is 0.243 e. The average Bonchev–Trinajstić information content (AvgIpc) is 3.64. The lowest BCUT2D eigenvalue weighted by Crippen LogP contribution is -2.50. The number of allylic oxidation sites excluding steroid dienone is 1. The molecule has 1 heterocycles. The first-order valence-electron chi connectivity index (χ1n) is 16.4. The van der Waals surface area contributed by atoms with E-state index in [4.69, 9.17) is 11.6 Å². The van der Waals surface area contributed by atoms with Crippen molar-refractivity contribution in [2.24, 2.45) is 0 Å². The fraction of sp³-hybridized carbons (Fsp3) is 0.405. The van der Waals surface area contributed by atoms with Crippen molar-refractivity contribution >= 4 is 33.4 Å². The number of benzene rings is 3. The Hall–Kier alpha value is -3.46. The van der Waals surface area contributed by atoms with Gasteiger partial charge < -0.3 is 10.2 Å². The summed E-state index contributed by atoms with van der Waals surface area (Å²) in [6.45, 7) is 1.90. The molecule has 5 rings (SSSR count). The molecule has 1 N–H and O–H groups in total. The van der Waals surface area contributed by atoms with Gasteiger partial charge in [0.25, 0.3) is 0 Å². The molecule has 1 fully saturated rings. The van der Waals surface area contributed by atoms with E-state index >= 15 is 0 Å². The zero-order valence-electron chi connectivity index (χ0n) is 26.4. The minimum absolute atomic E-state index is 0.144. The molecule has 0 radical (unpaired) electrons. The van der Waals surface area contributed by atoms with Crippen LogP contribution in [0.5, 0.6) is 0 Å². The molecule has 2 aliphatic rings. The lowest BCUT2D eigenvalue weighted by atomic mass is 9.97. The number of sulfonamides is 1. The van der Waals surface area contributed by atoms with Crippen molar-refractivity contribution in [2.75, 3.05) is 19.6 Å². The van der Waals surface area contributed by atoms with Crippen molar-refractivity contribution < 1.29 is 18.0 Å². The first-order chi connectivity index (χ1) is 22.3. The Bertz CT molecular complexity index is 1590. The third kappa shape index (κ3) is 9.30. The number of rotatable bonds is 14. The van der Waals surface area contributed by atoms with Gasteiger partial charge in [-0.3, -0.25) is 9.59 Å². The van der Waals surface area contributed by atoms with Crippen LogP contribution in [0.1, 0.15) is 68.1 Å². The Balaban J connectivity index is 1.33. The highest BCUT2D eigenvalue weighted by Gasteiger charge is 2.31. The molecule has 2 amide bonds. The highest BCUT2D eigenvalue weighted by Crippen LogP contribution is 2.23. The number of nitrogens with one attached hydrogen (secondary N) is 1. The minimum atomic E-state index is -3.50. The fourth-order valence-corrected chi connectivity index (χ4v) is 7.88. The standard InChI is InChI=1S/C37H44ClN3O4S/c38-33-18-13-32(14-19-33)28-41(36(42)22-17-30-15-20-34(21-16-30)46(44,45)40-25-7-8-26-40)35(27-31-11-5-2-6-12-31)37(43)39-24-23-29-9-3-1-4-10-29/h2,5-6,9,11-16,18-21,35H,1,3-4,7-8,10,17,22-28H2,(H,39,43)/t35-/m0/s1. The van der Waals surface area contributed by atoms with Gasteiger partial charge in [0.05, 0.1) is 4.90 Å². The van der Waals surface area contributed by atoms with Gasteiger partial charge in [-0.25, -0.2) is 8.42 Å². The van der Waals surface area contributed by atoms with Crippen LogP contribution >= 0.6 is 11.6 Å². The number of carbonyl (C=O) groups is 2. The molecule has 1 saturated heterocycles. The number of halogens is 1. The van der Waals surface area contributed by atoms with Crippen LogP contribution in [0.4, 0.5) is 0 Å². The lowest BCUT2D eigenvalue weighted by Gasteiger charge is -2.32. The molecule has 0 saturated carbocycles. The molecule has 0 bridgehead atoms. The maximum atomic E-state index is 14.1. The summed E-state index contributed by atoms with van der Waals surface area (Å²) in [7, 11) is -3.50. The van der Waals surface area contributed by atoms with Crippen molar-refractivity contribution in [2.45, 2.75) is 81.7 Å². The van der Waals surface area contributed by atoms with E-state index in [2.05, 4.69) is 11.4 Å². The second-order valence-electron chi connectivity index (χ2n) is 12.3. The highest BCUT2D eigenvalue weighted by atomic mass is 35.5. The third-order valence-corrected chi connectivity index (χ3v) is 11.1. The van der Waals surface area contributed by atoms with Gasteiger partial charge in [0, 0.05) is 44.0 Å². The van der Waals surface area contributed by atoms with Crippen molar-refractivity contribution in [1.82, 2.24) is 14.5 Å². The second kappa shape index (κ2) is 16.4. The van der Waals surface area contributed by atoms with Gasteiger partial charge in [-0.2, -0.15) is 4.31 Å². The van der Waals surface area contributed by atoms with Crippen molar-refractivity contribution in [3.63, 3.8) is 0 Å². The van der Waals surface area contributed by atoms with Crippen molar-refractivity contribution in [3.8, 4) is 0 Å². The number of carbonyl (C=O) groups excluding carboxylic acids is 2. The predicted molar refractivity (Wildman–Crippen MR) is 183 cm³/mol. The quantitative estimate of drug-likeness (QED) is 0.195. The first-order valence-corrected chi connectivity index (χ1v) is 18.2. The molecule has 9 heteroatoms. The summed E-state index contributed by atoms with van der Waals surface area (Å²) in [5.41, 5.74) is 4.11. The topological polar surface area (TPSA) is 86.8 Å². The van der Waals surface area contributed by atoms with Crippen LogP contribution in [0.15, 0.2) is 95.4 Å². The van der Waals surface area contributed by atoms with E-state index in [9.17, 15) is 18.0 Å². The Kier molecular flexibility index (Phi) is 12.1. The monoisotopic (exact) mass is 661 g/mol. The van der Waals surface area contributed by atoms with Crippen LogP contribution in [0, 0.1) is 0 Å². The van der Waals surface area contributed by atoms with E-state index < -0.39 is 16.1 Å². The maximum Gasteiger partial charge on any atom is 0.243 e. The summed E-state index contributed by atoms with van der Waals surface area (Å²) in [5, 5.41) is 3.75. The van der Waals surface area contributed by atoms with Crippen LogP contribution in [-0.4, -0.2) is 55.1 Å². The zero-order valence-corrected chi connectivity index (χ0v) is 27.9. The molecule has 244 valence electrons. The average molecular weight is 662 g/mol. The molecule has 1 atom stereocenters. The van der Waals surface area contributed by atoms with E-state index in [1.165, 1.54) is 22.7 Å². The molecule has 46 heavy (non-hydrogen) atoms.